The van der Waals surface area contributed by atoms with Crippen molar-refractivity contribution in [1.82, 2.24) is 14.5 Å². The van der Waals surface area contributed by atoms with Crippen LogP contribution in [-0.4, -0.2) is 32.8 Å². The first-order chi connectivity index (χ1) is 10.1. The SMILES string of the molecule is CC(=O)Nc1cccc(C(=O)N2CCn3ccnc3C2)c1. The minimum Gasteiger partial charge on any atom is -0.332 e. The van der Waals surface area contributed by atoms with Gasteiger partial charge in [-0.3, -0.25) is 9.59 Å². The lowest BCUT2D eigenvalue weighted by Gasteiger charge is -2.27. The van der Waals surface area contributed by atoms with Crippen molar-refractivity contribution in [2.75, 3.05) is 11.9 Å². The van der Waals surface area contributed by atoms with Crippen LogP contribution in [0.4, 0.5) is 5.69 Å². The van der Waals surface area contributed by atoms with Crippen molar-refractivity contribution in [3.8, 4) is 0 Å². The molecule has 2 heterocycles. The van der Waals surface area contributed by atoms with Gasteiger partial charge in [-0.2, -0.15) is 0 Å². The molecule has 2 amide bonds. The van der Waals surface area contributed by atoms with E-state index in [2.05, 4.69) is 14.9 Å². The van der Waals surface area contributed by atoms with Crippen LogP contribution in [0.5, 0.6) is 0 Å². The highest BCUT2D eigenvalue weighted by molar-refractivity contribution is 5.96. The first-order valence-corrected chi connectivity index (χ1v) is 6.80. The van der Waals surface area contributed by atoms with Crippen LogP contribution in [0, 0.1) is 0 Å². The van der Waals surface area contributed by atoms with Gasteiger partial charge < -0.3 is 14.8 Å². The van der Waals surface area contributed by atoms with Crippen LogP contribution in [0.3, 0.4) is 0 Å². The van der Waals surface area contributed by atoms with E-state index in [0.29, 0.717) is 24.3 Å². The third kappa shape index (κ3) is 2.79. The minimum atomic E-state index is -0.153. The molecule has 1 aromatic carbocycles. The number of amides is 2. The number of carbonyl (C=O) groups is 2. The lowest BCUT2D eigenvalue weighted by Crippen LogP contribution is -2.38. The summed E-state index contributed by atoms with van der Waals surface area (Å²) >= 11 is 0. The molecule has 108 valence electrons. The Kier molecular flexibility index (Phi) is 3.43. The predicted molar refractivity (Wildman–Crippen MR) is 77.7 cm³/mol. The number of anilines is 1. The van der Waals surface area contributed by atoms with Crippen molar-refractivity contribution in [2.24, 2.45) is 0 Å². The number of nitrogens with one attached hydrogen (secondary N) is 1. The topological polar surface area (TPSA) is 67.2 Å². The van der Waals surface area contributed by atoms with Crippen molar-refractivity contribution in [2.45, 2.75) is 20.0 Å². The molecule has 6 heteroatoms. The minimum absolute atomic E-state index is 0.0450. The summed E-state index contributed by atoms with van der Waals surface area (Å²) in [4.78, 5) is 29.7. The van der Waals surface area contributed by atoms with Crippen LogP contribution in [0.2, 0.25) is 0 Å². The summed E-state index contributed by atoms with van der Waals surface area (Å²) in [6.45, 7) is 3.37. The normalized spacial score (nSPS) is 13.7. The van der Waals surface area contributed by atoms with Gasteiger partial charge in [0.15, 0.2) is 0 Å². The molecule has 0 unspecified atom stereocenters. The maximum Gasteiger partial charge on any atom is 0.254 e. The van der Waals surface area contributed by atoms with Crippen LogP contribution in [-0.2, 0) is 17.9 Å². The Morgan fingerprint density at radius 1 is 1.29 bits per heavy atom. The lowest BCUT2D eigenvalue weighted by molar-refractivity contribution is -0.114. The quantitative estimate of drug-likeness (QED) is 0.908. The summed E-state index contributed by atoms with van der Waals surface area (Å²) in [7, 11) is 0. The van der Waals surface area contributed by atoms with E-state index in [4.69, 9.17) is 0 Å². The van der Waals surface area contributed by atoms with E-state index < -0.39 is 0 Å². The molecule has 1 aliphatic heterocycles. The zero-order valence-electron chi connectivity index (χ0n) is 11.7. The first kappa shape index (κ1) is 13.4. The second kappa shape index (κ2) is 5.40. The fraction of sp³-hybridized carbons (Fsp3) is 0.267. The molecular formula is C15H16N4O2. The Bertz CT molecular complexity index is 692. The second-order valence-electron chi connectivity index (χ2n) is 5.03. The molecule has 0 bridgehead atoms. The molecule has 1 N–H and O–H groups in total. The maximum atomic E-state index is 12.5. The molecule has 0 aliphatic carbocycles. The van der Waals surface area contributed by atoms with Crippen molar-refractivity contribution < 1.29 is 9.59 Å². The third-order valence-corrected chi connectivity index (χ3v) is 3.46. The molecular weight excluding hydrogens is 268 g/mol. The zero-order valence-corrected chi connectivity index (χ0v) is 11.7. The van der Waals surface area contributed by atoms with Crippen LogP contribution in [0.15, 0.2) is 36.7 Å². The number of benzene rings is 1. The maximum absolute atomic E-state index is 12.5. The molecule has 3 rings (SSSR count). The molecule has 1 aromatic heterocycles. The molecule has 0 radical (unpaired) electrons. The first-order valence-electron chi connectivity index (χ1n) is 6.80. The Morgan fingerprint density at radius 3 is 2.95 bits per heavy atom. The largest absolute Gasteiger partial charge is 0.332 e. The van der Waals surface area contributed by atoms with Crippen LogP contribution in [0.25, 0.3) is 0 Å². The second-order valence-corrected chi connectivity index (χ2v) is 5.03. The van der Waals surface area contributed by atoms with Crippen LogP contribution < -0.4 is 5.32 Å². The monoisotopic (exact) mass is 284 g/mol. The van der Waals surface area contributed by atoms with Gasteiger partial charge in [0.05, 0.1) is 6.54 Å². The molecule has 2 aromatic rings. The number of imidazole rings is 1. The van der Waals surface area contributed by atoms with Gasteiger partial charge >= 0.3 is 0 Å². The summed E-state index contributed by atoms with van der Waals surface area (Å²) in [5.74, 6) is 0.698. The Labute approximate surface area is 122 Å². The number of nitrogens with zero attached hydrogens (tertiary/aromatic N) is 3. The van der Waals surface area contributed by atoms with E-state index in [1.54, 1.807) is 35.4 Å². The van der Waals surface area contributed by atoms with Crippen molar-refractivity contribution >= 4 is 17.5 Å². The lowest BCUT2D eigenvalue weighted by atomic mass is 10.1. The number of aromatic nitrogens is 2. The van der Waals surface area contributed by atoms with Gasteiger partial charge in [-0.1, -0.05) is 6.07 Å². The summed E-state index contributed by atoms with van der Waals surface area (Å²) in [5.41, 5.74) is 1.20. The molecule has 1 aliphatic rings. The van der Waals surface area contributed by atoms with E-state index in [9.17, 15) is 9.59 Å². The third-order valence-electron chi connectivity index (χ3n) is 3.46. The molecule has 6 nitrogen and oxygen atoms in total. The average molecular weight is 284 g/mol. The van der Waals surface area contributed by atoms with E-state index >= 15 is 0 Å². The fourth-order valence-electron chi connectivity index (χ4n) is 2.46. The van der Waals surface area contributed by atoms with Crippen LogP contribution >= 0.6 is 0 Å². The van der Waals surface area contributed by atoms with Gasteiger partial charge in [-0.15, -0.1) is 0 Å². The predicted octanol–water partition coefficient (Wildman–Crippen LogP) is 1.50. The smallest absolute Gasteiger partial charge is 0.254 e. The number of fused-ring (bicyclic) bond motifs is 1. The highest BCUT2D eigenvalue weighted by Gasteiger charge is 2.22. The summed E-state index contributed by atoms with van der Waals surface area (Å²) in [6.07, 6.45) is 3.68. The van der Waals surface area contributed by atoms with Gasteiger partial charge in [-0.25, -0.2) is 4.98 Å². The van der Waals surface area contributed by atoms with Gasteiger partial charge in [0.25, 0.3) is 5.91 Å². The van der Waals surface area contributed by atoms with Crippen molar-refractivity contribution in [1.29, 1.82) is 0 Å². The number of rotatable bonds is 2. The van der Waals surface area contributed by atoms with Crippen molar-refractivity contribution in [3.05, 3.63) is 48.0 Å². The van der Waals surface area contributed by atoms with Crippen molar-refractivity contribution in [3.63, 3.8) is 0 Å². The number of hydrogen-bond acceptors (Lipinski definition) is 3. The van der Waals surface area contributed by atoms with E-state index in [1.165, 1.54) is 6.92 Å². The fourth-order valence-corrected chi connectivity index (χ4v) is 2.46. The molecule has 0 fully saturated rings. The molecule has 21 heavy (non-hydrogen) atoms. The molecule has 0 saturated carbocycles. The zero-order chi connectivity index (χ0) is 14.8. The molecule has 0 atom stereocenters. The summed E-state index contributed by atoms with van der Waals surface area (Å²) < 4.78 is 2.05. The van der Waals surface area contributed by atoms with E-state index in [1.807, 2.05) is 6.20 Å². The average Bonchev–Trinajstić information content (AvgIpc) is 2.93. The Balaban J connectivity index is 1.78. The standard InChI is InChI=1S/C15H16N4O2/c1-11(20)17-13-4-2-3-12(9-13)15(21)19-8-7-18-6-5-16-14(18)10-19/h2-6,9H,7-8,10H2,1H3,(H,17,20). The highest BCUT2D eigenvalue weighted by atomic mass is 16.2. The van der Waals surface area contributed by atoms with Gasteiger partial charge in [-0.05, 0) is 18.2 Å². The summed E-state index contributed by atoms with van der Waals surface area (Å²) in [5, 5.41) is 2.69. The Morgan fingerprint density at radius 2 is 2.14 bits per heavy atom. The van der Waals surface area contributed by atoms with E-state index in [-0.39, 0.29) is 11.8 Å². The van der Waals surface area contributed by atoms with Gasteiger partial charge in [0.1, 0.15) is 5.82 Å². The van der Waals surface area contributed by atoms with E-state index in [0.717, 1.165) is 12.4 Å². The molecule has 0 saturated heterocycles. The highest BCUT2D eigenvalue weighted by Crippen LogP contribution is 2.16. The number of carbonyl (C=O) groups excluding carboxylic acids is 2. The van der Waals surface area contributed by atoms with Gasteiger partial charge in [0, 0.05) is 43.7 Å². The Hall–Kier alpha value is -2.63. The van der Waals surface area contributed by atoms with Gasteiger partial charge in [0.2, 0.25) is 5.91 Å². The summed E-state index contributed by atoms with van der Waals surface area (Å²) in [6, 6.07) is 6.99. The van der Waals surface area contributed by atoms with Crippen LogP contribution in [0.1, 0.15) is 23.1 Å². The molecule has 0 spiro atoms. The number of hydrogen-bond donors (Lipinski definition) is 1.